The van der Waals surface area contributed by atoms with E-state index in [2.05, 4.69) is 96.7 Å². The third-order valence-electron chi connectivity index (χ3n) is 16.7. The van der Waals surface area contributed by atoms with Crippen LogP contribution in [0.2, 0.25) is 0 Å². The first-order valence-electron chi connectivity index (χ1n) is 31.7. The minimum absolute atomic E-state index is 0.141. The summed E-state index contributed by atoms with van der Waals surface area (Å²) >= 11 is 7.16. The zero-order chi connectivity index (χ0) is 52.6. The number of unbranched alkanes of at least 4 members (excludes halogenated alkanes) is 32. The smallest absolute Gasteiger partial charge is 0.260 e. The summed E-state index contributed by atoms with van der Waals surface area (Å²) in [7, 11) is 0. The van der Waals surface area contributed by atoms with Crippen LogP contribution in [-0.2, 0) is 9.59 Å². The normalized spacial score (nSPS) is 14.3. The van der Waals surface area contributed by atoms with Crippen LogP contribution in [0.25, 0.3) is 11.1 Å². The number of amides is 2. The van der Waals surface area contributed by atoms with E-state index in [0.29, 0.717) is 11.8 Å². The maximum atomic E-state index is 15.3. The van der Waals surface area contributed by atoms with Crippen molar-refractivity contribution in [1.82, 2.24) is 0 Å². The monoisotopic (exact) mass is 1110 g/mol. The number of hydrogen-bond donors (Lipinski definition) is 0. The second-order valence-corrected chi connectivity index (χ2v) is 26.9. The van der Waals surface area contributed by atoms with Gasteiger partial charge in [-0.1, -0.05) is 259 Å². The van der Waals surface area contributed by atoms with E-state index in [1.165, 1.54) is 262 Å². The molecule has 5 rings (SSSR count). The maximum Gasteiger partial charge on any atom is 0.260 e. The molecule has 2 aliphatic rings. The van der Waals surface area contributed by atoms with Crippen molar-refractivity contribution in [2.75, 3.05) is 22.9 Å². The Morgan fingerprint density at radius 3 is 0.946 bits per heavy atom. The number of anilines is 2. The Labute approximate surface area is 470 Å². The molecule has 1 aromatic carbocycles. The number of fused-ring (bicyclic) bond motifs is 2. The molecule has 2 amide bonds. The summed E-state index contributed by atoms with van der Waals surface area (Å²) in [5, 5.41) is 2.05. The Balaban J connectivity index is 1.41. The number of hydrogen-bond acceptors (Lipinski definition) is 4. The van der Waals surface area contributed by atoms with Crippen LogP contribution in [0, 0.1) is 18.8 Å². The highest BCUT2D eigenvalue weighted by molar-refractivity contribution is 9.11. The van der Waals surface area contributed by atoms with Gasteiger partial charge in [0.25, 0.3) is 11.8 Å². The molecule has 0 radical (unpaired) electrons. The molecular formula is C67H107BrN2O2S2. The summed E-state index contributed by atoms with van der Waals surface area (Å²) in [6.07, 6.45) is 52.7. The quantitative estimate of drug-likeness (QED) is 0.0529. The maximum absolute atomic E-state index is 15.3. The zero-order valence-corrected chi connectivity index (χ0v) is 51.4. The highest BCUT2D eigenvalue weighted by Crippen LogP contribution is 2.37. The third kappa shape index (κ3) is 21.5. The van der Waals surface area contributed by atoms with Gasteiger partial charge >= 0.3 is 0 Å². The molecule has 3 aromatic rings. The van der Waals surface area contributed by atoms with Crippen molar-refractivity contribution in [1.29, 1.82) is 0 Å². The van der Waals surface area contributed by atoms with Crippen molar-refractivity contribution in [3.8, 4) is 0 Å². The fourth-order valence-corrected chi connectivity index (χ4v) is 14.5. The van der Waals surface area contributed by atoms with E-state index in [4.69, 9.17) is 0 Å². The second kappa shape index (κ2) is 37.6. The highest BCUT2D eigenvalue weighted by Gasteiger charge is 2.38. The molecule has 2 unspecified atom stereocenters. The molecule has 2 aromatic heterocycles. The number of rotatable bonds is 46. The molecule has 4 heterocycles. The van der Waals surface area contributed by atoms with Gasteiger partial charge in [-0.25, -0.2) is 0 Å². The lowest BCUT2D eigenvalue weighted by Gasteiger charge is -2.27. The van der Waals surface area contributed by atoms with Crippen LogP contribution >= 0.6 is 38.6 Å². The topological polar surface area (TPSA) is 40.6 Å². The summed E-state index contributed by atoms with van der Waals surface area (Å²) in [4.78, 5) is 38.2. The summed E-state index contributed by atoms with van der Waals surface area (Å²) in [6.45, 7) is 12.9. The number of aryl methyl sites for hydroxylation is 1. The predicted octanol–water partition coefficient (Wildman–Crippen LogP) is 20.9. The van der Waals surface area contributed by atoms with Gasteiger partial charge in [0.15, 0.2) is 0 Å². The standard InChI is InChI=1S/C67H107BrN2O2S2/c1-6-10-14-18-22-26-28-32-36-40-44-55(42-38-34-30-24-20-16-12-8-3)52-69-59-51-58-60(50-57(59)64(66(69)71)61-47-46-54(5)73-61)70(67(72)65(58)62-48-49-63(68)74-62)53-56(43-39-35-31-25-21-17-13-9-4)45-41-37-33-29-27-23-19-15-11-7-2/h46-51,55-56H,6-45,52-53H2,1-5H3. The van der Waals surface area contributed by atoms with E-state index >= 15 is 9.59 Å². The number of carbonyl (C=O) groups is 2. The van der Waals surface area contributed by atoms with E-state index in [0.717, 1.165) is 59.6 Å². The lowest BCUT2D eigenvalue weighted by atomic mass is 9.93. The van der Waals surface area contributed by atoms with Crippen LogP contribution in [0.5, 0.6) is 0 Å². The van der Waals surface area contributed by atoms with Crippen molar-refractivity contribution in [2.45, 2.75) is 291 Å². The Hall–Kier alpha value is -2.22. The fraction of sp³-hybridized carbons (Fsp3) is 0.731. The molecule has 0 spiro atoms. The SMILES string of the molecule is CCCCCCCCCCCCC(CCCCCCCCCC)CN1C(=O)C(c2ccc(C)s2)=c2cc3c(cc21)=C(c1ccc(Br)s1)C(=O)N3CC(CCCCCCCCCC)CCCCCCCCCCCC. The molecule has 0 saturated carbocycles. The van der Waals surface area contributed by atoms with Crippen molar-refractivity contribution < 1.29 is 9.59 Å². The minimum atomic E-state index is 0.141. The van der Waals surface area contributed by atoms with Crippen LogP contribution in [0.4, 0.5) is 11.4 Å². The van der Waals surface area contributed by atoms with E-state index < -0.39 is 0 Å². The highest BCUT2D eigenvalue weighted by atomic mass is 79.9. The van der Waals surface area contributed by atoms with Crippen LogP contribution in [-0.4, -0.2) is 24.9 Å². The first-order valence-corrected chi connectivity index (χ1v) is 34.1. The summed E-state index contributed by atoms with van der Waals surface area (Å²) < 4.78 is 1.04. The van der Waals surface area contributed by atoms with Crippen LogP contribution in [0.15, 0.2) is 40.2 Å². The average Bonchev–Trinajstić information content (AvgIpc) is 4.16. The van der Waals surface area contributed by atoms with Crippen molar-refractivity contribution in [3.05, 3.63) is 65.3 Å². The van der Waals surface area contributed by atoms with Gasteiger partial charge in [0, 0.05) is 38.2 Å². The van der Waals surface area contributed by atoms with Gasteiger partial charge in [0.2, 0.25) is 0 Å². The predicted molar refractivity (Wildman–Crippen MR) is 331 cm³/mol. The number of thiophene rings is 2. The largest absolute Gasteiger partial charge is 0.307 e. The molecule has 2 atom stereocenters. The Morgan fingerprint density at radius 2 is 0.676 bits per heavy atom. The Kier molecular flexibility index (Phi) is 31.8. The van der Waals surface area contributed by atoms with Crippen molar-refractivity contribution >= 4 is 72.9 Å². The van der Waals surface area contributed by atoms with Crippen molar-refractivity contribution in [3.63, 3.8) is 0 Å². The first kappa shape index (κ1) is 62.6. The zero-order valence-electron chi connectivity index (χ0n) is 48.2. The van der Waals surface area contributed by atoms with Gasteiger partial charge in [-0.05, 0) is 96.8 Å². The lowest BCUT2D eigenvalue weighted by Crippen LogP contribution is -2.35. The Bertz CT molecular complexity index is 1990. The summed E-state index contributed by atoms with van der Waals surface area (Å²) in [5.41, 5.74) is 3.68. The molecule has 74 heavy (non-hydrogen) atoms. The molecule has 0 aliphatic carbocycles. The molecule has 0 saturated heterocycles. The van der Waals surface area contributed by atoms with Crippen molar-refractivity contribution in [2.24, 2.45) is 11.8 Å². The molecule has 0 bridgehead atoms. The summed E-state index contributed by atoms with van der Waals surface area (Å²) in [5.74, 6) is 1.20. The van der Waals surface area contributed by atoms with Crippen LogP contribution in [0.1, 0.15) is 299 Å². The number of nitrogens with zero attached hydrogens (tertiary/aromatic N) is 2. The third-order valence-corrected chi connectivity index (χ3v) is 19.4. The minimum Gasteiger partial charge on any atom is -0.307 e. The second-order valence-electron chi connectivity index (χ2n) is 23.2. The number of carbonyl (C=O) groups excluding carboxylic acids is 2. The van der Waals surface area contributed by atoms with Crippen LogP contribution in [0.3, 0.4) is 0 Å². The molecule has 0 fully saturated rings. The van der Waals surface area contributed by atoms with E-state index in [1.54, 1.807) is 22.7 Å². The number of benzene rings is 1. The fourth-order valence-electron chi connectivity index (χ4n) is 12.1. The lowest BCUT2D eigenvalue weighted by molar-refractivity contribution is -0.114. The van der Waals surface area contributed by atoms with E-state index in [-0.39, 0.29) is 11.8 Å². The van der Waals surface area contributed by atoms with Crippen LogP contribution < -0.4 is 20.2 Å². The average molecular weight is 1120 g/mol. The molecule has 2 aliphatic heterocycles. The first-order chi connectivity index (χ1) is 36.3. The molecule has 0 N–H and O–H groups in total. The summed E-state index contributed by atoms with van der Waals surface area (Å²) in [6, 6.07) is 13.2. The van der Waals surface area contributed by atoms with Gasteiger partial charge in [0.05, 0.1) is 26.3 Å². The molecule has 416 valence electrons. The van der Waals surface area contributed by atoms with Gasteiger partial charge in [-0.3, -0.25) is 9.59 Å². The van der Waals surface area contributed by atoms with Gasteiger partial charge in [0.1, 0.15) is 0 Å². The number of halogens is 1. The molecular weight excluding hydrogens is 1010 g/mol. The van der Waals surface area contributed by atoms with Gasteiger partial charge in [-0.2, -0.15) is 0 Å². The van der Waals surface area contributed by atoms with Gasteiger partial charge in [-0.15, -0.1) is 22.7 Å². The Morgan fingerprint density at radius 1 is 0.392 bits per heavy atom. The molecule has 4 nitrogen and oxygen atoms in total. The molecule has 7 heteroatoms. The van der Waals surface area contributed by atoms with E-state index in [1.807, 2.05) is 0 Å². The van der Waals surface area contributed by atoms with E-state index in [9.17, 15) is 0 Å². The van der Waals surface area contributed by atoms with Gasteiger partial charge < -0.3 is 9.80 Å².